The van der Waals surface area contributed by atoms with E-state index in [9.17, 15) is 19.2 Å². The summed E-state index contributed by atoms with van der Waals surface area (Å²) in [7, 11) is 0. The molecule has 5 rings (SSSR count). The zero-order valence-corrected chi connectivity index (χ0v) is 18.4. The van der Waals surface area contributed by atoms with Crippen LogP contribution in [0.2, 0.25) is 0 Å². The van der Waals surface area contributed by atoms with Crippen LogP contribution < -0.4 is 10.2 Å². The molecule has 2 aromatic carbocycles. The van der Waals surface area contributed by atoms with Crippen molar-refractivity contribution in [2.45, 2.75) is 32.2 Å². The van der Waals surface area contributed by atoms with Crippen molar-refractivity contribution in [3.05, 3.63) is 65.7 Å². The predicted molar refractivity (Wildman–Crippen MR) is 120 cm³/mol. The number of fused-ring (bicyclic) bond motifs is 5. The molecule has 2 bridgehead atoms. The van der Waals surface area contributed by atoms with Crippen LogP contribution in [0.5, 0.6) is 0 Å². The lowest BCUT2D eigenvalue weighted by Gasteiger charge is -2.19. The quantitative estimate of drug-likeness (QED) is 0.543. The van der Waals surface area contributed by atoms with Crippen molar-refractivity contribution < 1.29 is 23.9 Å². The lowest BCUT2D eigenvalue weighted by atomic mass is 9.81. The molecule has 3 aliphatic rings. The fourth-order valence-corrected chi connectivity index (χ4v) is 5.73. The molecule has 3 amide bonds. The fourth-order valence-electron chi connectivity index (χ4n) is 5.73. The zero-order chi connectivity index (χ0) is 23.1. The van der Waals surface area contributed by atoms with E-state index in [2.05, 4.69) is 5.32 Å². The minimum Gasteiger partial charge on any atom is -0.452 e. The summed E-state index contributed by atoms with van der Waals surface area (Å²) in [5.41, 5.74) is 1.68. The van der Waals surface area contributed by atoms with Gasteiger partial charge in [0.15, 0.2) is 6.61 Å². The first-order valence-corrected chi connectivity index (χ1v) is 11.4. The normalized spacial score (nSPS) is 26.3. The maximum absolute atomic E-state index is 12.9. The number of amides is 3. The number of hydrogen-bond acceptors (Lipinski definition) is 5. The average molecular weight is 447 g/mol. The molecule has 7 nitrogen and oxygen atoms in total. The molecule has 170 valence electrons. The number of imide groups is 1. The predicted octanol–water partition coefficient (Wildman–Crippen LogP) is 3.26. The zero-order valence-electron chi connectivity index (χ0n) is 18.4. The number of benzene rings is 2. The molecule has 0 unspecified atom stereocenters. The van der Waals surface area contributed by atoms with Crippen LogP contribution >= 0.6 is 0 Å². The topological polar surface area (TPSA) is 92.8 Å². The van der Waals surface area contributed by atoms with Crippen LogP contribution in [0.25, 0.3) is 0 Å². The molecule has 1 aliphatic heterocycles. The first-order valence-electron chi connectivity index (χ1n) is 11.4. The molecule has 1 saturated heterocycles. The van der Waals surface area contributed by atoms with Gasteiger partial charge in [-0.05, 0) is 67.9 Å². The van der Waals surface area contributed by atoms with Gasteiger partial charge in [-0.1, -0.05) is 30.3 Å². The Bertz CT molecular complexity index is 1070. The van der Waals surface area contributed by atoms with Gasteiger partial charge in [-0.2, -0.15) is 0 Å². The second kappa shape index (κ2) is 8.46. The van der Waals surface area contributed by atoms with Crippen molar-refractivity contribution in [1.82, 2.24) is 5.32 Å². The highest BCUT2D eigenvalue weighted by Gasteiger charge is 2.61. The second-order valence-corrected chi connectivity index (χ2v) is 9.22. The summed E-state index contributed by atoms with van der Waals surface area (Å²) in [6.07, 6.45) is 3.05. The van der Waals surface area contributed by atoms with Gasteiger partial charge in [0.2, 0.25) is 11.8 Å². The maximum Gasteiger partial charge on any atom is 0.338 e. The molecule has 33 heavy (non-hydrogen) atoms. The molecule has 1 heterocycles. The van der Waals surface area contributed by atoms with E-state index >= 15 is 0 Å². The molecule has 0 aromatic heterocycles. The minimum absolute atomic E-state index is 0.114. The SMILES string of the molecule is C[C@H](NC(=O)COC(=O)c1ccc(N2C(=O)[C@@H]3[C@H]4CC[C@@H](C4)[C@H]3C2=O)cc1)c1ccccc1. The minimum atomic E-state index is -0.641. The Morgan fingerprint density at radius 2 is 1.58 bits per heavy atom. The van der Waals surface area contributed by atoms with E-state index in [1.807, 2.05) is 37.3 Å². The van der Waals surface area contributed by atoms with Crippen molar-refractivity contribution in [2.24, 2.45) is 23.7 Å². The Hall–Kier alpha value is -3.48. The van der Waals surface area contributed by atoms with Crippen LogP contribution in [-0.4, -0.2) is 30.3 Å². The van der Waals surface area contributed by atoms with E-state index in [0.717, 1.165) is 24.8 Å². The first-order chi connectivity index (χ1) is 15.9. The van der Waals surface area contributed by atoms with Crippen molar-refractivity contribution in [3.8, 4) is 0 Å². The van der Waals surface area contributed by atoms with Gasteiger partial charge in [0.1, 0.15) is 0 Å². The Morgan fingerprint density at radius 3 is 2.18 bits per heavy atom. The third kappa shape index (κ3) is 3.81. The number of carbonyl (C=O) groups excluding carboxylic acids is 4. The molecule has 5 atom stereocenters. The highest BCUT2D eigenvalue weighted by Crippen LogP contribution is 2.56. The summed E-state index contributed by atoms with van der Waals surface area (Å²) in [5, 5.41) is 2.79. The standard InChI is InChI=1S/C26H26N2O5/c1-15(16-5-3-2-4-6-16)27-21(29)14-33-26(32)17-9-11-20(12-10-17)28-24(30)22-18-7-8-19(13-18)23(22)25(28)31/h2-6,9-12,15,18-19,22-23H,7-8,13-14H2,1H3,(H,27,29)/t15-,18-,19-,22+,23+/m0/s1. The monoisotopic (exact) mass is 446 g/mol. The smallest absolute Gasteiger partial charge is 0.338 e. The molecule has 1 N–H and O–H groups in total. The van der Waals surface area contributed by atoms with Gasteiger partial charge in [-0.25, -0.2) is 4.79 Å². The Balaban J connectivity index is 1.18. The number of hydrogen-bond donors (Lipinski definition) is 1. The second-order valence-electron chi connectivity index (χ2n) is 9.22. The molecule has 3 fully saturated rings. The van der Waals surface area contributed by atoms with Crippen LogP contribution in [-0.2, 0) is 19.1 Å². The molecule has 2 saturated carbocycles. The van der Waals surface area contributed by atoms with Gasteiger partial charge < -0.3 is 10.1 Å². The number of nitrogens with one attached hydrogen (secondary N) is 1. The van der Waals surface area contributed by atoms with Crippen LogP contribution in [0, 0.1) is 23.7 Å². The van der Waals surface area contributed by atoms with E-state index < -0.39 is 18.5 Å². The Morgan fingerprint density at radius 1 is 0.970 bits per heavy atom. The van der Waals surface area contributed by atoms with Crippen LogP contribution in [0.3, 0.4) is 0 Å². The van der Waals surface area contributed by atoms with Crippen molar-refractivity contribution in [3.63, 3.8) is 0 Å². The largest absolute Gasteiger partial charge is 0.452 e. The van der Waals surface area contributed by atoms with E-state index in [0.29, 0.717) is 17.5 Å². The van der Waals surface area contributed by atoms with Gasteiger partial charge in [0.25, 0.3) is 5.91 Å². The van der Waals surface area contributed by atoms with Gasteiger partial charge in [0, 0.05) is 0 Å². The molecule has 7 heteroatoms. The van der Waals surface area contributed by atoms with Gasteiger partial charge >= 0.3 is 5.97 Å². The van der Waals surface area contributed by atoms with E-state index in [1.54, 1.807) is 12.1 Å². The van der Waals surface area contributed by atoms with Gasteiger partial charge in [-0.15, -0.1) is 0 Å². The molecular formula is C26H26N2O5. The highest BCUT2D eigenvalue weighted by molar-refractivity contribution is 6.22. The van der Waals surface area contributed by atoms with Crippen LogP contribution in [0.15, 0.2) is 54.6 Å². The third-order valence-electron chi connectivity index (χ3n) is 7.30. The van der Waals surface area contributed by atoms with Crippen LogP contribution in [0.1, 0.15) is 48.1 Å². The van der Waals surface area contributed by atoms with E-state index in [-0.39, 0.29) is 35.3 Å². The molecule has 0 spiro atoms. The number of carbonyl (C=O) groups is 4. The van der Waals surface area contributed by atoms with Crippen LogP contribution in [0.4, 0.5) is 5.69 Å². The summed E-state index contributed by atoms with van der Waals surface area (Å²) in [6.45, 7) is 1.46. The number of rotatable bonds is 6. The van der Waals surface area contributed by atoms with Crippen molar-refractivity contribution in [1.29, 1.82) is 0 Å². The molecule has 0 radical (unpaired) electrons. The van der Waals surface area contributed by atoms with E-state index in [4.69, 9.17) is 4.74 Å². The highest BCUT2D eigenvalue weighted by atomic mass is 16.5. The molecular weight excluding hydrogens is 420 g/mol. The van der Waals surface area contributed by atoms with E-state index in [1.165, 1.54) is 17.0 Å². The summed E-state index contributed by atoms with van der Waals surface area (Å²) >= 11 is 0. The average Bonchev–Trinajstić information content (AvgIpc) is 3.52. The van der Waals surface area contributed by atoms with Crippen molar-refractivity contribution >= 4 is 29.4 Å². The summed E-state index contributed by atoms with van der Waals surface area (Å²) in [5.74, 6) is -0.981. The number of anilines is 1. The molecule has 2 aliphatic carbocycles. The van der Waals surface area contributed by atoms with Gasteiger partial charge in [0.05, 0.1) is 29.1 Å². The lowest BCUT2D eigenvalue weighted by molar-refractivity contribution is -0.125. The maximum atomic E-state index is 12.9. The number of nitrogens with zero attached hydrogens (tertiary/aromatic N) is 1. The summed E-state index contributed by atoms with van der Waals surface area (Å²) in [4.78, 5) is 51.7. The molecule has 2 aromatic rings. The number of ether oxygens (including phenoxy) is 1. The first kappa shape index (κ1) is 21.4. The number of esters is 1. The summed E-state index contributed by atoms with van der Waals surface area (Å²) < 4.78 is 5.13. The van der Waals surface area contributed by atoms with Gasteiger partial charge in [-0.3, -0.25) is 19.3 Å². The fraction of sp³-hybridized carbons (Fsp3) is 0.385. The van der Waals surface area contributed by atoms with Crippen molar-refractivity contribution in [2.75, 3.05) is 11.5 Å². The Kier molecular flexibility index (Phi) is 5.48. The lowest BCUT2D eigenvalue weighted by Crippen LogP contribution is -2.32. The Labute approximate surface area is 192 Å². The third-order valence-corrected chi connectivity index (χ3v) is 7.30. The summed E-state index contributed by atoms with van der Waals surface area (Å²) in [6, 6.07) is 15.5.